The molecular weight excluding hydrogens is 658 g/mol. The van der Waals surface area contributed by atoms with E-state index in [1.165, 1.54) is 10.8 Å². The number of aromatic nitrogens is 3. The van der Waals surface area contributed by atoms with Gasteiger partial charge in [-0.05, 0) is 18.5 Å². The zero-order valence-electron chi connectivity index (χ0n) is 19.7. The Morgan fingerprint density at radius 2 is 1.59 bits per heavy atom. The van der Waals surface area contributed by atoms with Crippen LogP contribution < -0.4 is 9.80 Å². The standard InChI is InChI=1S/C30H19N5S.Pt/c1-33-20-34(30-29(33)31-16-17-32-30)22-10-7-11-23(18-22)36-24-14-15-28-26(19-24)25-12-5-6-13-27(25)35(28)21-8-3-2-4-9-21;/h2-8,10-13,15-17,19-20H,1H3;/q-4;+4. The van der Waals surface area contributed by atoms with Gasteiger partial charge in [-0.1, -0.05) is 29.4 Å². The molecule has 0 N–H and O–H groups in total. The Morgan fingerprint density at radius 3 is 2.46 bits per heavy atom. The van der Waals surface area contributed by atoms with E-state index in [0.29, 0.717) is 0 Å². The number of fused-ring (bicyclic) bond motifs is 4. The van der Waals surface area contributed by atoms with Crippen LogP contribution in [-0.2, 0) is 21.1 Å². The summed E-state index contributed by atoms with van der Waals surface area (Å²) in [6.45, 7) is 1.98. The summed E-state index contributed by atoms with van der Waals surface area (Å²) >= 11 is 1.65. The van der Waals surface area contributed by atoms with Crippen LogP contribution in [0.2, 0.25) is 0 Å². The predicted octanol–water partition coefficient (Wildman–Crippen LogP) is 6.83. The summed E-state index contributed by atoms with van der Waals surface area (Å²) in [5.41, 5.74) is 4.22. The van der Waals surface area contributed by atoms with Crippen LogP contribution in [0.5, 0.6) is 0 Å². The second kappa shape index (κ2) is 9.69. The van der Waals surface area contributed by atoms with E-state index in [1.54, 1.807) is 24.2 Å². The minimum Gasteiger partial charge on any atom is -0.487 e. The minimum absolute atomic E-state index is 0. The van der Waals surface area contributed by atoms with Gasteiger partial charge in [0.25, 0.3) is 0 Å². The van der Waals surface area contributed by atoms with Crippen molar-refractivity contribution in [2.24, 2.45) is 0 Å². The normalized spacial score (nSPS) is 12.7. The van der Waals surface area contributed by atoms with Crippen molar-refractivity contribution in [3.05, 3.63) is 116 Å². The number of rotatable bonds is 4. The molecule has 0 saturated heterocycles. The maximum atomic E-state index is 4.52. The molecule has 0 unspecified atom stereocenters. The van der Waals surface area contributed by atoms with E-state index >= 15 is 0 Å². The van der Waals surface area contributed by atoms with Gasteiger partial charge in [0.05, 0.1) is 0 Å². The third-order valence-corrected chi connectivity index (χ3v) is 7.17. The topological polar surface area (TPSA) is 37.2 Å². The van der Waals surface area contributed by atoms with Gasteiger partial charge in [0.2, 0.25) is 0 Å². The molecule has 3 heterocycles. The molecule has 0 aliphatic carbocycles. The molecule has 0 atom stereocenters. The molecule has 0 spiro atoms. The van der Waals surface area contributed by atoms with E-state index in [-0.39, 0.29) is 21.1 Å². The molecular formula is C30H19N5PtS. The number of hydrogen-bond acceptors (Lipinski definition) is 5. The molecule has 0 radical (unpaired) electrons. The van der Waals surface area contributed by atoms with Crippen LogP contribution in [0.25, 0.3) is 27.5 Å². The van der Waals surface area contributed by atoms with Crippen LogP contribution in [0.1, 0.15) is 0 Å². The number of anilines is 3. The van der Waals surface area contributed by atoms with Crippen LogP contribution in [0.3, 0.4) is 0 Å². The van der Waals surface area contributed by atoms with E-state index < -0.39 is 0 Å². The van der Waals surface area contributed by atoms with Gasteiger partial charge in [0.15, 0.2) is 0 Å². The van der Waals surface area contributed by atoms with E-state index in [2.05, 4.69) is 81.3 Å². The van der Waals surface area contributed by atoms with Crippen LogP contribution in [-0.4, -0.2) is 21.6 Å². The summed E-state index contributed by atoms with van der Waals surface area (Å²) in [7, 11) is 1.97. The molecule has 0 fully saturated rings. The van der Waals surface area contributed by atoms with Crippen LogP contribution >= 0.6 is 11.8 Å². The molecule has 4 aromatic carbocycles. The Labute approximate surface area is 234 Å². The van der Waals surface area contributed by atoms with Gasteiger partial charge in [-0.15, -0.1) is 63.6 Å². The first kappa shape index (κ1) is 23.8. The summed E-state index contributed by atoms with van der Waals surface area (Å²) in [5, 5.41) is 2.40. The first-order chi connectivity index (χ1) is 17.8. The summed E-state index contributed by atoms with van der Waals surface area (Å²) in [4.78, 5) is 15.0. The average molecular weight is 677 g/mol. The molecule has 1 aliphatic heterocycles. The van der Waals surface area contributed by atoms with Crippen molar-refractivity contribution in [2.45, 2.75) is 9.79 Å². The first-order valence-corrected chi connectivity index (χ1v) is 12.4. The average Bonchev–Trinajstić information content (AvgIpc) is 3.44. The number of para-hydroxylation sites is 2. The van der Waals surface area contributed by atoms with E-state index in [4.69, 9.17) is 0 Å². The van der Waals surface area contributed by atoms with Crippen molar-refractivity contribution in [3.63, 3.8) is 0 Å². The fourth-order valence-electron chi connectivity index (χ4n) is 4.69. The Hall–Kier alpha value is -3.60. The predicted molar refractivity (Wildman–Crippen MR) is 145 cm³/mol. The second-order valence-electron chi connectivity index (χ2n) is 8.50. The van der Waals surface area contributed by atoms with Crippen molar-refractivity contribution in [3.8, 4) is 5.69 Å². The molecule has 0 amide bonds. The summed E-state index contributed by atoms with van der Waals surface area (Å²) in [6.07, 6.45) is 3.42. The van der Waals surface area contributed by atoms with Gasteiger partial charge in [-0.2, -0.15) is 48.5 Å². The van der Waals surface area contributed by atoms with Crippen LogP contribution in [0.4, 0.5) is 17.3 Å². The van der Waals surface area contributed by atoms with Gasteiger partial charge in [0.1, 0.15) is 11.6 Å². The smallest absolute Gasteiger partial charge is 0.487 e. The molecule has 180 valence electrons. The van der Waals surface area contributed by atoms with Crippen molar-refractivity contribution in [2.75, 3.05) is 16.8 Å². The summed E-state index contributed by atoms with van der Waals surface area (Å²) in [5.74, 6) is 1.63. The van der Waals surface area contributed by atoms with Crippen molar-refractivity contribution >= 4 is 50.9 Å². The molecule has 2 aromatic heterocycles. The molecule has 5 nitrogen and oxygen atoms in total. The van der Waals surface area contributed by atoms with Gasteiger partial charge in [-0.3, -0.25) is 0 Å². The van der Waals surface area contributed by atoms with Crippen molar-refractivity contribution in [1.29, 1.82) is 0 Å². The Morgan fingerprint density at radius 1 is 0.784 bits per heavy atom. The molecule has 1 aliphatic rings. The van der Waals surface area contributed by atoms with Crippen molar-refractivity contribution in [1.82, 2.24) is 14.5 Å². The van der Waals surface area contributed by atoms with E-state index in [9.17, 15) is 0 Å². The van der Waals surface area contributed by atoms with Crippen molar-refractivity contribution < 1.29 is 21.1 Å². The summed E-state index contributed by atoms with van der Waals surface area (Å²) < 4.78 is 2.25. The maximum Gasteiger partial charge on any atom is 4.00 e. The molecule has 7 rings (SSSR count). The second-order valence-corrected chi connectivity index (χ2v) is 9.58. The zero-order chi connectivity index (χ0) is 24.1. The first-order valence-electron chi connectivity index (χ1n) is 11.6. The largest absolute Gasteiger partial charge is 4.00 e. The number of hydrogen-bond donors (Lipinski definition) is 0. The van der Waals surface area contributed by atoms with Gasteiger partial charge < -0.3 is 14.4 Å². The van der Waals surface area contributed by atoms with E-state index in [0.717, 1.165) is 43.8 Å². The van der Waals surface area contributed by atoms with Crippen LogP contribution in [0, 0.1) is 24.9 Å². The minimum atomic E-state index is 0. The molecule has 37 heavy (non-hydrogen) atoms. The quantitative estimate of drug-likeness (QED) is 0.192. The Kier molecular flexibility index (Phi) is 6.23. The molecule has 6 aromatic rings. The third kappa shape index (κ3) is 4.11. The monoisotopic (exact) mass is 676 g/mol. The number of nitrogens with zero attached hydrogens (tertiary/aromatic N) is 5. The molecule has 0 saturated carbocycles. The van der Waals surface area contributed by atoms with Gasteiger partial charge in [-0.25, -0.2) is 9.97 Å². The van der Waals surface area contributed by atoms with Gasteiger partial charge in [0, 0.05) is 17.9 Å². The Balaban J connectivity index is 0.00000252. The van der Waals surface area contributed by atoms with Crippen LogP contribution in [0.15, 0.2) is 101 Å². The molecule has 0 bridgehead atoms. The fourth-order valence-corrected chi connectivity index (χ4v) is 5.52. The summed E-state index contributed by atoms with van der Waals surface area (Å²) in [6, 6.07) is 37.5. The van der Waals surface area contributed by atoms with Gasteiger partial charge >= 0.3 is 21.1 Å². The Bertz CT molecular complexity index is 1730. The molecule has 7 heteroatoms. The van der Waals surface area contributed by atoms with E-state index in [1.807, 2.05) is 53.8 Å². The number of benzene rings is 4. The third-order valence-electron chi connectivity index (χ3n) is 6.26. The maximum absolute atomic E-state index is 4.52. The SMILES string of the molecule is CN1[CH-]N(c2[c-]c(Sc3[c-]cc4c(c3)c3ccccc3n4-c3[c-]cccc3)ccc2)c2nccnc21.[Pt+4]. The fraction of sp³-hybridized carbons (Fsp3) is 0.0333. The zero-order valence-corrected chi connectivity index (χ0v) is 22.8.